The van der Waals surface area contributed by atoms with Crippen LogP contribution in [0.15, 0.2) is 66.7 Å². The van der Waals surface area contributed by atoms with Gasteiger partial charge in [0.2, 0.25) is 0 Å². The predicted octanol–water partition coefficient (Wildman–Crippen LogP) is 4.93. The fourth-order valence-electron chi connectivity index (χ4n) is 4.79. The maximum atomic E-state index is 13.6. The molecule has 10 heteroatoms. The van der Waals surface area contributed by atoms with Gasteiger partial charge in [0.1, 0.15) is 18.2 Å². The standard InChI is InChI=1S/C30H33N3O7/c1-20-7-4-5-8-24(20)31-29(37)32-25-14-9-21(17-26(25)38-2)18-27(34)30(39-3)15-6-16-33(30)19-40-23-12-10-22(11-13-23)28(35)36/h4-5,7-14,17H,6,15-16,18-19H2,1-3H3,(H,35,36)(H2,31,32,37). The normalized spacial score (nSPS) is 16.8. The number of ketones is 1. The van der Waals surface area contributed by atoms with Gasteiger partial charge in [0.05, 0.1) is 18.4 Å². The molecule has 1 aliphatic rings. The van der Waals surface area contributed by atoms with Gasteiger partial charge in [-0.1, -0.05) is 24.3 Å². The van der Waals surface area contributed by atoms with Crippen LogP contribution >= 0.6 is 0 Å². The number of para-hydroxylation sites is 1. The van der Waals surface area contributed by atoms with Crippen LogP contribution in [0.2, 0.25) is 0 Å². The lowest BCUT2D eigenvalue weighted by atomic mass is 9.98. The van der Waals surface area contributed by atoms with Crippen molar-refractivity contribution in [1.29, 1.82) is 0 Å². The average Bonchev–Trinajstić information content (AvgIpc) is 3.38. The summed E-state index contributed by atoms with van der Waals surface area (Å²) in [5.41, 5.74) is 1.83. The van der Waals surface area contributed by atoms with E-state index in [9.17, 15) is 14.4 Å². The number of nitrogens with one attached hydrogen (secondary N) is 2. The topological polar surface area (TPSA) is 126 Å². The number of rotatable bonds is 11. The molecule has 3 aromatic rings. The van der Waals surface area contributed by atoms with Crippen LogP contribution in [0.1, 0.15) is 34.3 Å². The third kappa shape index (κ3) is 6.41. The number of aryl methyl sites for hydroxylation is 1. The number of carboxylic acids is 1. The van der Waals surface area contributed by atoms with Gasteiger partial charge in [0, 0.05) is 25.8 Å². The van der Waals surface area contributed by atoms with Crippen LogP contribution in [0.4, 0.5) is 16.2 Å². The molecule has 40 heavy (non-hydrogen) atoms. The molecule has 0 bridgehead atoms. The van der Waals surface area contributed by atoms with E-state index >= 15 is 0 Å². The number of methoxy groups -OCH3 is 2. The number of hydrogen-bond donors (Lipinski definition) is 3. The molecule has 2 amide bonds. The van der Waals surface area contributed by atoms with Gasteiger partial charge in [-0.2, -0.15) is 0 Å². The Bertz CT molecular complexity index is 1380. The van der Waals surface area contributed by atoms with Crippen LogP contribution in [-0.2, 0) is 16.0 Å². The zero-order valence-corrected chi connectivity index (χ0v) is 22.7. The van der Waals surface area contributed by atoms with Crippen molar-refractivity contribution in [2.75, 3.05) is 38.1 Å². The van der Waals surface area contributed by atoms with Gasteiger partial charge in [-0.05, 0) is 73.4 Å². The summed E-state index contributed by atoms with van der Waals surface area (Å²) >= 11 is 0. The van der Waals surface area contributed by atoms with E-state index in [0.717, 1.165) is 12.0 Å². The first-order valence-corrected chi connectivity index (χ1v) is 12.9. The molecule has 0 spiro atoms. The number of carbonyl (C=O) groups excluding carboxylic acids is 2. The summed E-state index contributed by atoms with van der Waals surface area (Å²) in [4.78, 5) is 39.1. The Hall–Kier alpha value is -4.41. The quantitative estimate of drug-likeness (QED) is 0.308. The van der Waals surface area contributed by atoms with Crippen molar-refractivity contribution >= 4 is 29.2 Å². The molecule has 1 heterocycles. The summed E-state index contributed by atoms with van der Waals surface area (Å²) in [6.07, 6.45) is 1.35. The average molecular weight is 548 g/mol. The number of aromatic carboxylic acids is 1. The van der Waals surface area contributed by atoms with E-state index in [1.54, 1.807) is 30.3 Å². The smallest absolute Gasteiger partial charge is 0.335 e. The number of nitrogens with zero attached hydrogens (tertiary/aromatic N) is 1. The number of amides is 2. The Balaban J connectivity index is 1.42. The Morgan fingerprint density at radius 1 is 0.975 bits per heavy atom. The maximum Gasteiger partial charge on any atom is 0.335 e. The summed E-state index contributed by atoms with van der Waals surface area (Å²) in [5.74, 6) is -0.222. The Kier molecular flexibility index (Phi) is 9.03. The molecule has 1 aliphatic heterocycles. The number of hydrogen-bond acceptors (Lipinski definition) is 7. The number of Topliss-reactive ketones (excluding diaryl/α,β-unsaturated/α-hetero) is 1. The molecule has 0 aliphatic carbocycles. The number of carbonyl (C=O) groups is 3. The van der Waals surface area contributed by atoms with Gasteiger partial charge in [-0.25, -0.2) is 14.5 Å². The molecular formula is C30H33N3O7. The van der Waals surface area contributed by atoms with Gasteiger partial charge < -0.3 is 30.0 Å². The third-order valence-corrected chi connectivity index (χ3v) is 6.99. The van der Waals surface area contributed by atoms with Crippen molar-refractivity contribution in [2.45, 2.75) is 31.9 Å². The molecule has 10 nitrogen and oxygen atoms in total. The third-order valence-electron chi connectivity index (χ3n) is 6.99. The van der Waals surface area contributed by atoms with Gasteiger partial charge in [0.25, 0.3) is 0 Å². The molecule has 210 valence electrons. The monoisotopic (exact) mass is 547 g/mol. The van der Waals surface area contributed by atoms with E-state index in [1.807, 2.05) is 36.1 Å². The lowest BCUT2D eigenvalue weighted by Gasteiger charge is -2.35. The number of ether oxygens (including phenoxy) is 3. The van der Waals surface area contributed by atoms with Crippen LogP contribution in [0.3, 0.4) is 0 Å². The van der Waals surface area contributed by atoms with Crippen LogP contribution < -0.4 is 20.1 Å². The van der Waals surface area contributed by atoms with Crippen LogP contribution in [-0.4, -0.2) is 61.0 Å². The molecule has 4 rings (SSSR count). The highest BCUT2D eigenvalue weighted by molar-refractivity contribution is 6.01. The van der Waals surface area contributed by atoms with E-state index in [4.69, 9.17) is 19.3 Å². The van der Waals surface area contributed by atoms with Crippen LogP contribution in [0.25, 0.3) is 0 Å². The van der Waals surface area contributed by atoms with Gasteiger partial charge >= 0.3 is 12.0 Å². The van der Waals surface area contributed by atoms with E-state index in [1.165, 1.54) is 26.4 Å². The largest absolute Gasteiger partial charge is 0.495 e. The minimum atomic E-state index is -1.15. The zero-order chi connectivity index (χ0) is 28.7. The minimum Gasteiger partial charge on any atom is -0.495 e. The first-order chi connectivity index (χ1) is 19.3. The molecule has 1 fully saturated rings. The first-order valence-electron chi connectivity index (χ1n) is 12.9. The number of benzene rings is 3. The summed E-state index contributed by atoms with van der Waals surface area (Å²) in [6, 6.07) is 18.4. The van der Waals surface area contributed by atoms with Crippen LogP contribution in [0, 0.1) is 6.92 Å². The highest BCUT2D eigenvalue weighted by atomic mass is 16.5. The van der Waals surface area contributed by atoms with Gasteiger partial charge in [-0.3, -0.25) is 4.79 Å². The van der Waals surface area contributed by atoms with Crippen molar-refractivity contribution in [2.24, 2.45) is 0 Å². The van der Waals surface area contributed by atoms with E-state index < -0.39 is 17.7 Å². The second-order valence-corrected chi connectivity index (χ2v) is 9.49. The lowest BCUT2D eigenvalue weighted by molar-refractivity contribution is -0.168. The van der Waals surface area contributed by atoms with Gasteiger partial charge in [-0.15, -0.1) is 0 Å². The zero-order valence-electron chi connectivity index (χ0n) is 22.7. The molecule has 0 aromatic heterocycles. The molecule has 0 saturated carbocycles. The molecular weight excluding hydrogens is 514 g/mol. The van der Waals surface area contributed by atoms with E-state index in [0.29, 0.717) is 41.4 Å². The SMILES string of the molecule is COc1cc(CC(=O)C2(OC)CCCN2COc2ccc(C(=O)O)cc2)ccc1NC(=O)Nc1ccccc1C. The number of urea groups is 1. The first kappa shape index (κ1) is 28.6. The molecule has 3 N–H and O–H groups in total. The predicted molar refractivity (Wildman–Crippen MR) is 150 cm³/mol. The summed E-state index contributed by atoms with van der Waals surface area (Å²) < 4.78 is 17.2. The highest BCUT2D eigenvalue weighted by Gasteiger charge is 2.47. The second kappa shape index (κ2) is 12.6. The fraction of sp³-hybridized carbons (Fsp3) is 0.300. The molecule has 1 unspecified atom stereocenters. The molecule has 1 saturated heterocycles. The van der Waals surface area contributed by atoms with Crippen LogP contribution in [0.5, 0.6) is 11.5 Å². The summed E-state index contributed by atoms with van der Waals surface area (Å²) in [5, 5.41) is 14.7. The number of carboxylic acid groups (broad SMARTS) is 1. The highest BCUT2D eigenvalue weighted by Crippen LogP contribution is 2.33. The second-order valence-electron chi connectivity index (χ2n) is 9.49. The minimum absolute atomic E-state index is 0.0870. The van der Waals surface area contributed by atoms with E-state index in [2.05, 4.69) is 10.6 Å². The molecule has 0 radical (unpaired) electrons. The van der Waals surface area contributed by atoms with Crippen molar-refractivity contribution in [3.8, 4) is 11.5 Å². The molecule has 1 atom stereocenters. The van der Waals surface area contributed by atoms with E-state index in [-0.39, 0.29) is 24.5 Å². The van der Waals surface area contributed by atoms with Crippen molar-refractivity contribution < 1.29 is 33.7 Å². The Labute approximate surface area is 232 Å². The number of anilines is 2. The van der Waals surface area contributed by atoms with Crippen molar-refractivity contribution in [1.82, 2.24) is 4.90 Å². The maximum absolute atomic E-state index is 13.6. The summed E-state index contributed by atoms with van der Waals surface area (Å²) in [6.45, 7) is 2.62. The number of likely N-dealkylation sites (tertiary alicyclic amines) is 1. The van der Waals surface area contributed by atoms with Gasteiger partial charge in [0.15, 0.2) is 11.5 Å². The fourth-order valence-corrected chi connectivity index (χ4v) is 4.79. The lowest BCUT2D eigenvalue weighted by Crippen LogP contribution is -2.53. The van der Waals surface area contributed by atoms with Crippen molar-refractivity contribution in [3.63, 3.8) is 0 Å². The Morgan fingerprint density at radius 3 is 2.38 bits per heavy atom. The summed E-state index contributed by atoms with van der Waals surface area (Å²) in [7, 11) is 3.01. The molecule has 3 aromatic carbocycles. The van der Waals surface area contributed by atoms with Crippen molar-refractivity contribution in [3.05, 3.63) is 83.4 Å². The Morgan fingerprint density at radius 2 is 1.70 bits per heavy atom.